The van der Waals surface area contributed by atoms with Gasteiger partial charge in [-0.3, -0.25) is 0 Å². The maximum atomic E-state index is 2.37. The smallest absolute Gasteiger partial charge is 0.0541 e. The average molecular weight is 677 g/mol. The zero-order valence-corrected chi connectivity index (χ0v) is 29.4. The van der Waals surface area contributed by atoms with Gasteiger partial charge >= 0.3 is 0 Å². The standard InChI is InChI=1S/C51H36N2/c1-35-16-29-49-45(32-35)47-34-41(28-31-51(47)53(49)43-12-6-3-7-13-43)39-25-21-37(22-26-39)18-17-36-19-23-38(24-20-36)40-27-30-50-46(33-40)44-14-8-9-15-48(44)52(50)42-10-4-2-5-11-42/h2-34H,1H3/b18-17+. The summed E-state index contributed by atoms with van der Waals surface area (Å²) in [6.07, 6.45) is 4.39. The summed E-state index contributed by atoms with van der Waals surface area (Å²) in [6.45, 7) is 2.17. The van der Waals surface area contributed by atoms with E-state index in [1.165, 1.54) is 93.9 Å². The fraction of sp³-hybridized carbons (Fsp3) is 0.0196. The molecule has 10 rings (SSSR count). The number of para-hydroxylation sites is 3. The van der Waals surface area contributed by atoms with Crippen molar-refractivity contribution >= 4 is 55.8 Å². The van der Waals surface area contributed by atoms with Crippen LogP contribution in [-0.2, 0) is 0 Å². The molecular weight excluding hydrogens is 641 g/mol. The molecule has 0 radical (unpaired) electrons. The van der Waals surface area contributed by atoms with Crippen molar-refractivity contribution in [2.75, 3.05) is 0 Å². The van der Waals surface area contributed by atoms with Crippen molar-refractivity contribution in [3.05, 3.63) is 205 Å². The predicted molar refractivity (Wildman–Crippen MR) is 226 cm³/mol. The van der Waals surface area contributed by atoms with Gasteiger partial charge in [0.25, 0.3) is 0 Å². The Morgan fingerprint density at radius 3 is 1.25 bits per heavy atom. The number of aryl methyl sites for hydroxylation is 1. The Labute approximate surface area is 309 Å². The highest BCUT2D eigenvalue weighted by molar-refractivity contribution is 6.11. The third-order valence-corrected chi connectivity index (χ3v) is 10.6. The first-order chi connectivity index (χ1) is 26.2. The average Bonchev–Trinajstić information content (AvgIpc) is 3.73. The molecule has 0 N–H and O–H groups in total. The first-order valence-corrected chi connectivity index (χ1v) is 18.3. The molecule has 0 spiro atoms. The molecule has 2 aromatic heterocycles. The molecule has 8 aromatic carbocycles. The zero-order chi connectivity index (χ0) is 35.3. The summed E-state index contributed by atoms with van der Waals surface area (Å²) in [7, 11) is 0. The Kier molecular flexibility index (Phi) is 7.40. The van der Waals surface area contributed by atoms with Crippen LogP contribution >= 0.6 is 0 Å². The van der Waals surface area contributed by atoms with E-state index in [-0.39, 0.29) is 0 Å². The van der Waals surface area contributed by atoms with E-state index in [4.69, 9.17) is 0 Å². The summed E-state index contributed by atoms with van der Waals surface area (Å²) < 4.78 is 4.73. The van der Waals surface area contributed by atoms with Crippen molar-refractivity contribution < 1.29 is 0 Å². The van der Waals surface area contributed by atoms with Crippen LogP contribution in [-0.4, -0.2) is 9.13 Å². The second-order valence-electron chi connectivity index (χ2n) is 13.9. The number of hydrogen-bond acceptors (Lipinski definition) is 0. The van der Waals surface area contributed by atoms with Gasteiger partial charge in [-0.15, -0.1) is 0 Å². The Morgan fingerprint density at radius 1 is 0.321 bits per heavy atom. The van der Waals surface area contributed by atoms with Crippen molar-refractivity contribution in [2.45, 2.75) is 6.92 Å². The maximum Gasteiger partial charge on any atom is 0.0541 e. The van der Waals surface area contributed by atoms with Gasteiger partial charge in [-0.2, -0.15) is 0 Å². The highest BCUT2D eigenvalue weighted by atomic mass is 15.0. The topological polar surface area (TPSA) is 9.86 Å². The van der Waals surface area contributed by atoms with Crippen LogP contribution < -0.4 is 0 Å². The minimum absolute atomic E-state index is 1.18. The van der Waals surface area contributed by atoms with Gasteiger partial charge < -0.3 is 9.13 Å². The van der Waals surface area contributed by atoms with Crippen molar-refractivity contribution in [1.29, 1.82) is 0 Å². The number of fused-ring (bicyclic) bond motifs is 6. The van der Waals surface area contributed by atoms with Gasteiger partial charge in [-0.1, -0.05) is 139 Å². The summed E-state index contributed by atoms with van der Waals surface area (Å²) in [6, 6.07) is 68.2. The van der Waals surface area contributed by atoms with Gasteiger partial charge in [0.05, 0.1) is 22.1 Å². The molecule has 0 atom stereocenters. The van der Waals surface area contributed by atoms with Gasteiger partial charge in [0.1, 0.15) is 0 Å². The van der Waals surface area contributed by atoms with Gasteiger partial charge in [0, 0.05) is 32.9 Å². The number of benzene rings is 8. The van der Waals surface area contributed by atoms with Crippen LogP contribution in [0.1, 0.15) is 16.7 Å². The third-order valence-electron chi connectivity index (χ3n) is 10.6. The molecule has 0 bridgehead atoms. The third kappa shape index (κ3) is 5.44. The lowest BCUT2D eigenvalue weighted by molar-refractivity contribution is 1.18. The van der Waals surface area contributed by atoms with Crippen LogP contribution in [0.25, 0.3) is 89.4 Å². The van der Waals surface area contributed by atoms with Gasteiger partial charge in [0.2, 0.25) is 0 Å². The fourth-order valence-electron chi connectivity index (χ4n) is 7.95. The lowest BCUT2D eigenvalue weighted by atomic mass is 10.00. The van der Waals surface area contributed by atoms with E-state index >= 15 is 0 Å². The molecular formula is C51H36N2. The van der Waals surface area contributed by atoms with E-state index in [2.05, 4.69) is 216 Å². The largest absolute Gasteiger partial charge is 0.309 e. The second kappa shape index (κ2) is 12.7. The number of nitrogens with zero attached hydrogens (tertiary/aromatic N) is 2. The molecule has 0 amide bonds. The molecule has 0 saturated carbocycles. The summed E-state index contributed by atoms with van der Waals surface area (Å²) in [4.78, 5) is 0. The molecule has 250 valence electrons. The van der Waals surface area contributed by atoms with E-state index in [9.17, 15) is 0 Å². The minimum atomic E-state index is 1.18. The van der Waals surface area contributed by atoms with Crippen LogP contribution in [0.2, 0.25) is 0 Å². The molecule has 10 aromatic rings. The summed E-state index contributed by atoms with van der Waals surface area (Å²) in [5.74, 6) is 0. The monoisotopic (exact) mass is 676 g/mol. The van der Waals surface area contributed by atoms with Crippen molar-refractivity contribution in [3.8, 4) is 33.6 Å². The van der Waals surface area contributed by atoms with Gasteiger partial charge in [-0.25, -0.2) is 0 Å². The molecule has 53 heavy (non-hydrogen) atoms. The summed E-state index contributed by atoms with van der Waals surface area (Å²) in [5, 5.41) is 5.09. The van der Waals surface area contributed by atoms with Crippen LogP contribution in [0.5, 0.6) is 0 Å². The Bertz CT molecular complexity index is 2960. The van der Waals surface area contributed by atoms with Crippen LogP contribution in [0, 0.1) is 6.92 Å². The maximum absolute atomic E-state index is 2.37. The zero-order valence-electron chi connectivity index (χ0n) is 29.4. The lowest BCUT2D eigenvalue weighted by Gasteiger charge is -2.08. The van der Waals surface area contributed by atoms with E-state index in [0.29, 0.717) is 0 Å². The number of hydrogen-bond donors (Lipinski definition) is 0. The second-order valence-corrected chi connectivity index (χ2v) is 13.9. The van der Waals surface area contributed by atoms with Crippen LogP contribution in [0.3, 0.4) is 0 Å². The minimum Gasteiger partial charge on any atom is -0.309 e. The quantitative estimate of drug-likeness (QED) is 0.155. The van der Waals surface area contributed by atoms with Crippen LogP contribution in [0.15, 0.2) is 188 Å². The highest BCUT2D eigenvalue weighted by Gasteiger charge is 2.15. The Morgan fingerprint density at radius 2 is 0.717 bits per heavy atom. The number of aromatic nitrogens is 2. The van der Waals surface area contributed by atoms with E-state index in [1.807, 2.05) is 0 Å². The van der Waals surface area contributed by atoms with Crippen molar-refractivity contribution in [2.24, 2.45) is 0 Å². The van der Waals surface area contributed by atoms with E-state index in [0.717, 1.165) is 0 Å². The first kappa shape index (κ1) is 30.9. The molecule has 0 saturated heterocycles. The van der Waals surface area contributed by atoms with Gasteiger partial charge in [0.15, 0.2) is 0 Å². The molecule has 0 unspecified atom stereocenters. The van der Waals surface area contributed by atoms with Crippen LogP contribution in [0.4, 0.5) is 0 Å². The van der Waals surface area contributed by atoms with E-state index in [1.54, 1.807) is 0 Å². The normalized spacial score (nSPS) is 11.8. The van der Waals surface area contributed by atoms with Crippen molar-refractivity contribution in [1.82, 2.24) is 9.13 Å². The van der Waals surface area contributed by atoms with Gasteiger partial charge in [-0.05, 0) is 107 Å². The fourth-order valence-corrected chi connectivity index (χ4v) is 7.95. The van der Waals surface area contributed by atoms with Crippen molar-refractivity contribution in [3.63, 3.8) is 0 Å². The Balaban J connectivity index is 0.910. The molecule has 0 aliphatic rings. The highest BCUT2D eigenvalue weighted by Crippen LogP contribution is 2.37. The summed E-state index contributed by atoms with van der Waals surface area (Å²) in [5.41, 5.74) is 15.7. The molecule has 2 nitrogen and oxygen atoms in total. The predicted octanol–water partition coefficient (Wildman–Crippen LogP) is 13.7. The number of rotatable bonds is 6. The molecule has 2 heterocycles. The molecule has 2 heteroatoms. The SMILES string of the molecule is Cc1ccc2c(c1)c1cc(-c3ccc(/C=C/c4ccc(-c5ccc6c(c5)c5ccccc5n6-c5ccccc5)cc4)cc3)ccc1n2-c1ccccc1. The molecule has 0 fully saturated rings. The molecule has 0 aliphatic carbocycles. The Hall–Kier alpha value is -6.90. The lowest BCUT2D eigenvalue weighted by Crippen LogP contribution is -1.93. The molecule has 0 aliphatic heterocycles. The summed E-state index contributed by atoms with van der Waals surface area (Å²) >= 11 is 0. The first-order valence-electron chi connectivity index (χ1n) is 18.3. The van der Waals surface area contributed by atoms with E-state index < -0.39 is 0 Å².